The second-order valence-corrected chi connectivity index (χ2v) is 22.7. The van der Waals surface area contributed by atoms with Crippen molar-refractivity contribution in [2.24, 2.45) is 0 Å². The second-order valence-electron chi connectivity index (χ2n) is 18.3. The number of hydrogen-bond donors (Lipinski definition) is 0. The van der Waals surface area contributed by atoms with Gasteiger partial charge in [-0.25, -0.2) is 0 Å². The van der Waals surface area contributed by atoms with Gasteiger partial charge in [0.15, 0.2) is 0 Å². The molecule has 0 radical (unpaired) electrons. The first-order valence-electron chi connectivity index (χ1n) is 20.1. The Bertz CT molecular complexity index is 1650. The van der Waals surface area contributed by atoms with Gasteiger partial charge in [-0.2, -0.15) is 0 Å². The average molecular weight is 833 g/mol. The summed E-state index contributed by atoms with van der Waals surface area (Å²) in [6, 6.07) is 18.6. The first-order valence-corrected chi connectivity index (χ1v) is 23.3. The lowest BCUT2D eigenvalue weighted by molar-refractivity contribution is 0.320. The number of ether oxygens (including phenoxy) is 4. The minimum atomic E-state index is -0.104. The lowest BCUT2D eigenvalue weighted by Gasteiger charge is -2.28. The van der Waals surface area contributed by atoms with Gasteiger partial charge in [-0.05, 0) is 120 Å². The van der Waals surface area contributed by atoms with E-state index >= 15 is 0 Å². The molecular weight excluding hydrogens is 769 g/mol. The Morgan fingerprint density at radius 1 is 0.304 bits per heavy atom. The van der Waals surface area contributed by atoms with Crippen LogP contribution in [0.4, 0.5) is 0 Å². The highest BCUT2D eigenvalue weighted by Crippen LogP contribution is 2.56. The van der Waals surface area contributed by atoms with Gasteiger partial charge in [-0.1, -0.05) is 130 Å². The van der Waals surface area contributed by atoms with E-state index in [2.05, 4.69) is 159 Å². The summed E-state index contributed by atoms with van der Waals surface area (Å²) in [6.07, 6.45) is 0. The molecule has 1 heterocycles. The van der Waals surface area contributed by atoms with Gasteiger partial charge in [0.05, 0.1) is 65.6 Å². The molecule has 8 heteroatoms. The van der Waals surface area contributed by atoms with Crippen molar-refractivity contribution in [3.63, 3.8) is 0 Å². The fourth-order valence-corrected chi connectivity index (χ4v) is 11.1. The van der Waals surface area contributed by atoms with Crippen LogP contribution in [0.5, 0.6) is 23.0 Å². The Morgan fingerprint density at radius 3 is 0.554 bits per heavy atom. The lowest BCUT2D eigenvalue weighted by Crippen LogP contribution is -2.13. The topological polar surface area (TPSA) is 36.9 Å². The van der Waals surface area contributed by atoms with Crippen molar-refractivity contribution in [3.8, 4) is 23.0 Å². The van der Waals surface area contributed by atoms with Crippen LogP contribution in [0.3, 0.4) is 0 Å². The van der Waals surface area contributed by atoms with Crippen LogP contribution in [0.1, 0.15) is 133 Å². The third-order valence-electron chi connectivity index (χ3n) is 9.58. The van der Waals surface area contributed by atoms with Crippen LogP contribution in [-0.2, 0) is 21.7 Å². The van der Waals surface area contributed by atoms with Crippen LogP contribution in [-0.4, -0.2) is 26.4 Å². The van der Waals surface area contributed by atoms with E-state index in [0.29, 0.717) is 26.4 Å². The van der Waals surface area contributed by atoms with Crippen molar-refractivity contribution >= 4 is 47.0 Å². The molecular formula is C48H64O4S4. The molecule has 4 nitrogen and oxygen atoms in total. The quantitative estimate of drug-likeness (QED) is 0.153. The molecule has 1 aliphatic rings. The Hall–Kier alpha value is -2.52. The first-order chi connectivity index (χ1) is 26.1. The maximum atomic E-state index is 6.69. The summed E-state index contributed by atoms with van der Waals surface area (Å²) in [4.78, 5) is 8.58. The Morgan fingerprint density at radius 2 is 0.446 bits per heavy atom. The van der Waals surface area contributed by atoms with Crippen LogP contribution in [0.25, 0.3) is 0 Å². The molecule has 4 aromatic rings. The molecule has 0 spiro atoms. The van der Waals surface area contributed by atoms with Crippen molar-refractivity contribution in [3.05, 3.63) is 70.8 Å². The third kappa shape index (κ3) is 10.2. The standard InChI is InChI=1S/C48H64O4S4/c1-17-49-41-33-21-29(45(5,6)7)22-34(41)54-36-24-31(47(11,12)13)26-38(43(36)51-19-3)56-40-28-32(48(14,15)16)27-39(44(40)52-20-4)55-37-25-30(46(8,9)10)23-35(53-33)42(37)50-18-2/h21-28H,17-20H2,1-16H3. The van der Waals surface area contributed by atoms with Crippen molar-refractivity contribution in [2.45, 2.75) is 172 Å². The van der Waals surface area contributed by atoms with Crippen LogP contribution in [0.2, 0.25) is 0 Å². The van der Waals surface area contributed by atoms with Gasteiger partial charge in [0.1, 0.15) is 23.0 Å². The van der Waals surface area contributed by atoms with Crippen molar-refractivity contribution in [1.29, 1.82) is 0 Å². The molecule has 8 bridgehead atoms. The molecule has 0 aliphatic carbocycles. The molecule has 0 atom stereocenters. The third-order valence-corrected chi connectivity index (χ3v) is 13.8. The van der Waals surface area contributed by atoms with E-state index in [-0.39, 0.29) is 21.7 Å². The predicted molar refractivity (Wildman–Crippen MR) is 242 cm³/mol. The summed E-state index contributed by atoms with van der Waals surface area (Å²) in [5.41, 5.74) is 4.57. The van der Waals surface area contributed by atoms with Gasteiger partial charge in [-0.3, -0.25) is 0 Å². The monoisotopic (exact) mass is 832 g/mol. The molecule has 0 aromatic heterocycles. The number of hydrogen-bond acceptors (Lipinski definition) is 8. The molecule has 1 aliphatic heterocycles. The minimum absolute atomic E-state index is 0.104. The van der Waals surface area contributed by atoms with Gasteiger partial charge in [0, 0.05) is 0 Å². The van der Waals surface area contributed by atoms with Gasteiger partial charge in [0.25, 0.3) is 0 Å². The van der Waals surface area contributed by atoms with E-state index in [4.69, 9.17) is 18.9 Å². The fraction of sp³-hybridized carbons (Fsp3) is 0.500. The van der Waals surface area contributed by atoms with E-state index in [0.717, 1.165) is 62.2 Å². The SMILES string of the molecule is CCOc1c2cc(C(C)(C)C)cc1Sc1cc(C(C)(C)C)cc(c1OCC)Sc1cc(C(C)(C)C)cc(c1OCC)Sc1cc(C(C)(C)C)cc(c1OCC)S2. The van der Waals surface area contributed by atoms with E-state index in [1.807, 2.05) is 0 Å². The van der Waals surface area contributed by atoms with Crippen LogP contribution < -0.4 is 18.9 Å². The van der Waals surface area contributed by atoms with Crippen molar-refractivity contribution < 1.29 is 18.9 Å². The highest BCUT2D eigenvalue weighted by Gasteiger charge is 2.30. The molecule has 0 N–H and O–H groups in total. The highest BCUT2D eigenvalue weighted by atomic mass is 32.2. The van der Waals surface area contributed by atoms with Crippen LogP contribution in [0, 0.1) is 0 Å². The first kappa shape index (κ1) is 44.6. The molecule has 0 amide bonds. The number of fused-ring (bicyclic) bond motifs is 8. The molecule has 56 heavy (non-hydrogen) atoms. The van der Waals surface area contributed by atoms with Gasteiger partial charge < -0.3 is 18.9 Å². The second kappa shape index (κ2) is 17.4. The number of rotatable bonds is 8. The Balaban J connectivity index is 2.01. The maximum absolute atomic E-state index is 6.69. The Labute approximate surface area is 355 Å². The van der Waals surface area contributed by atoms with Crippen molar-refractivity contribution in [1.82, 2.24) is 0 Å². The highest BCUT2D eigenvalue weighted by molar-refractivity contribution is 8.01. The zero-order valence-corrected chi connectivity index (χ0v) is 40.0. The summed E-state index contributed by atoms with van der Waals surface area (Å²) in [7, 11) is 0. The summed E-state index contributed by atoms with van der Waals surface area (Å²) in [6.45, 7) is 37.9. The molecule has 0 fully saturated rings. The lowest BCUT2D eigenvalue weighted by atomic mass is 9.87. The number of benzene rings is 4. The molecule has 0 unspecified atom stereocenters. The minimum Gasteiger partial charge on any atom is -0.492 e. The summed E-state index contributed by atoms with van der Waals surface area (Å²) in [5.74, 6) is 3.54. The smallest absolute Gasteiger partial charge is 0.147 e. The van der Waals surface area contributed by atoms with Crippen molar-refractivity contribution in [2.75, 3.05) is 26.4 Å². The molecule has 304 valence electrons. The van der Waals surface area contributed by atoms with Crippen LogP contribution in [0.15, 0.2) is 87.7 Å². The van der Waals surface area contributed by atoms with E-state index in [9.17, 15) is 0 Å². The molecule has 0 saturated carbocycles. The van der Waals surface area contributed by atoms with Gasteiger partial charge >= 0.3 is 0 Å². The van der Waals surface area contributed by atoms with E-state index in [1.165, 1.54) is 22.3 Å². The van der Waals surface area contributed by atoms with E-state index in [1.54, 1.807) is 47.0 Å². The predicted octanol–water partition coefficient (Wildman–Crippen LogP) is 15.4. The molecule has 4 aromatic carbocycles. The molecule has 5 rings (SSSR count). The Kier molecular flexibility index (Phi) is 13.8. The summed E-state index contributed by atoms with van der Waals surface area (Å²) >= 11 is 6.98. The summed E-state index contributed by atoms with van der Waals surface area (Å²) in [5, 5.41) is 0. The van der Waals surface area contributed by atoms with Gasteiger partial charge in [-0.15, -0.1) is 0 Å². The van der Waals surface area contributed by atoms with Crippen LogP contribution >= 0.6 is 47.0 Å². The average Bonchev–Trinajstić information content (AvgIpc) is 3.07. The van der Waals surface area contributed by atoms with E-state index < -0.39 is 0 Å². The normalized spacial score (nSPS) is 13.7. The fourth-order valence-electron chi connectivity index (χ4n) is 6.27. The largest absolute Gasteiger partial charge is 0.492 e. The molecule has 0 saturated heterocycles. The maximum Gasteiger partial charge on any atom is 0.147 e. The zero-order chi connectivity index (χ0) is 41.4. The zero-order valence-electron chi connectivity index (χ0n) is 36.7. The summed E-state index contributed by atoms with van der Waals surface area (Å²) < 4.78 is 26.8. The van der Waals surface area contributed by atoms with Gasteiger partial charge in [0.2, 0.25) is 0 Å².